The zero-order valence-electron chi connectivity index (χ0n) is 14.3. The first-order valence-electron chi connectivity index (χ1n) is 7.82. The molecule has 0 saturated carbocycles. The normalized spacial score (nSPS) is 10.6. The number of rotatable bonds is 7. The number of likely N-dealkylation sites (N-methyl/N-ethyl adjacent to an activating group) is 1. The van der Waals surface area contributed by atoms with Gasteiger partial charge >= 0.3 is 0 Å². The first kappa shape index (κ1) is 17.1. The zero-order chi connectivity index (χ0) is 16.8. The van der Waals surface area contributed by atoms with Gasteiger partial charge in [0.25, 0.3) is 0 Å². The maximum absolute atomic E-state index is 12.1. The van der Waals surface area contributed by atoms with Gasteiger partial charge in [0.1, 0.15) is 11.5 Å². The Bertz CT molecular complexity index is 644. The van der Waals surface area contributed by atoms with Gasteiger partial charge in [0.05, 0.1) is 18.7 Å². The van der Waals surface area contributed by atoms with Crippen molar-refractivity contribution in [1.29, 1.82) is 0 Å². The van der Waals surface area contributed by atoms with E-state index in [4.69, 9.17) is 9.26 Å². The standard InChI is InChI=1S/C18H24N2O3/c1-13-7-5-8-14(2)18(13)22-10-6-9-20(4)17(21)12-16-11-15(3)19-23-16/h5,7-8,11H,6,9-10,12H2,1-4H3. The Morgan fingerprint density at radius 3 is 2.57 bits per heavy atom. The monoisotopic (exact) mass is 316 g/mol. The van der Waals surface area contributed by atoms with Crippen molar-refractivity contribution in [2.45, 2.75) is 33.6 Å². The Balaban J connectivity index is 1.74. The van der Waals surface area contributed by atoms with Gasteiger partial charge in [-0.3, -0.25) is 4.79 Å². The van der Waals surface area contributed by atoms with E-state index in [0.29, 0.717) is 18.9 Å². The minimum absolute atomic E-state index is 0.0215. The second kappa shape index (κ2) is 7.81. The molecule has 5 heteroatoms. The third-order valence-corrected chi connectivity index (χ3v) is 3.72. The van der Waals surface area contributed by atoms with E-state index < -0.39 is 0 Å². The second-order valence-electron chi connectivity index (χ2n) is 5.85. The Morgan fingerprint density at radius 1 is 1.26 bits per heavy atom. The third kappa shape index (κ3) is 4.84. The molecule has 0 saturated heterocycles. The SMILES string of the molecule is Cc1cc(CC(=O)N(C)CCCOc2c(C)cccc2C)on1. The number of carbonyl (C=O) groups excluding carboxylic acids is 1. The number of aryl methyl sites for hydroxylation is 3. The van der Waals surface area contributed by atoms with Crippen LogP contribution in [0.4, 0.5) is 0 Å². The number of hydrogen-bond acceptors (Lipinski definition) is 4. The van der Waals surface area contributed by atoms with E-state index in [2.05, 4.69) is 5.16 Å². The lowest BCUT2D eigenvalue weighted by atomic mass is 10.1. The molecule has 0 N–H and O–H groups in total. The summed E-state index contributed by atoms with van der Waals surface area (Å²) in [6, 6.07) is 7.89. The largest absolute Gasteiger partial charge is 0.493 e. The lowest BCUT2D eigenvalue weighted by Crippen LogP contribution is -2.29. The highest BCUT2D eigenvalue weighted by molar-refractivity contribution is 5.77. The maximum Gasteiger partial charge on any atom is 0.230 e. The van der Waals surface area contributed by atoms with E-state index in [0.717, 1.165) is 29.0 Å². The Kier molecular flexibility index (Phi) is 5.79. The number of aromatic nitrogens is 1. The molecule has 1 aromatic carbocycles. The van der Waals surface area contributed by atoms with Crippen molar-refractivity contribution < 1.29 is 14.1 Å². The first-order chi connectivity index (χ1) is 11.0. The molecule has 0 atom stereocenters. The number of ether oxygens (including phenoxy) is 1. The molecule has 0 bridgehead atoms. The third-order valence-electron chi connectivity index (χ3n) is 3.72. The molecule has 1 aromatic heterocycles. The zero-order valence-corrected chi connectivity index (χ0v) is 14.3. The summed E-state index contributed by atoms with van der Waals surface area (Å²) in [5.74, 6) is 1.57. The van der Waals surface area contributed by atoms with Gasteiger partial charge in [0.15, 0.2) is 0 Å². The molecule has 5 nitrogen and oxygen atoms in total. The average Bonchev–Trinajstić information content (AvgIpc) is 2.90. The molecule has 0 unspecified atom stereocenters. The Labute approximate surface area is 137 Å². The number of carbonyl (C=O) groups is 1. The van der Waals surface area contributed by atoms with Crippen LogP contribution in [0.2, 0.25) is 0 Å². The molecule has 1 amide bonds. The minimum Gasteiger partial charge on any atom is -0.493 e. The first-order valence-corrected chi connectivity index (χ1v) is 7.82. The van der Waals surface area contributed by atoms with E-state index in [1.54, 1.807) is 18.0 Å². The van der Waals surface area contributed by atoms with Crippen LogP contribution in [0.25, 0.3) is 0 Å². The Hall–Kier alpha value is -2.30. The van der Waals surface area contributed by atoms with Crippen LogP contribution in [-0.2, 0) is 11.2 Å². The number of benzene rings is 1. The van der Waals surface area contributed by atoms with Gasteiger partial charge in [0, 0.05) is 19.7 Å². The quantitative estimate of drug-likeness (QED) is 0.737. The molecule has 0 fully saturated rings. The molecule has 2 aromatic rings. The van der Waals surface area contributed by atoms with Crippen LogP contribution in [0.5, 0.6) is 5.75 Å². The summed E-state index contributed by atoms with van der Waals surface area (Å²) >= 11 is 0. The lowest BCUT2D eigenvalue weighted by molar-refractivity contribution is -0.129. The fourth-order valence-electron chi connectivity index (χ4n) is 2.41. The number of amides is 1. The van der Waals surface area contributed by atoms with Gasteiger partial charge in [-0.2, -0.15) is 0 Å². The van der Waals surface area contributed by atoms with Crippen molar-refractivity contribution in [1.82, 2.24) is 10.1 Å². The van der Waals surface area contributed by atoms with Crippen molar-refractivity contribution in [2.75, 3.05) is 20.2 Å². The van der Waals surface area contributed by atoms with E-state index >= 15 is 0 Å². The fraction of sp³-hybridized carbons (Fsp3) is 0.444. The van der Waals surface area contributed by atoms with Crippen molar-refractivity contribution >= 4 is 5.91 Å². The smallest absolute Gasteiger partial charge is 0.230 e. The van der Waals surface area contributed by atoms with E-state index in [1.807, 2.05) is 39.0 Å². The number of nitrogens with zero attached hydrogens (tertiary/aromatic N) is 2. The minimum atomic E-state index is 0.0215. The fourth-order valence-corrected chi connectivity index (χ4v) is 2.41. The summed E-state index contributed by atoms with van der Waals surface area (Å²) in [4.78, 5) is 13.8. The second-order valence-corrected chi connectivity index (χ2v) is 5.85. The summed E-state index contributed by atoms with van der Waals surface area (Å²) in [7, 11) is 1.80. The predicted molar refractivity (Wildman–Crippen MR) is 88.6 cm³/mol. The van der Waals surface area contributed by atoms with E-state index in [-0.39, 0.29) is 12.3 Å². The van der Waals surface area contributed by atoms with Crippen molar-refractivity contribution in [2.24, 2.45) is 0 Å². The molecule has 0 radical (unpaired) electrons. The molecule has 0 aliphatic carbocycles. The van der Waals surface area contributed by atoms with Crippen LogP contribution in [-0.4, -0.2) is 36.2 Å². The van der Waals surface area contributed by atoms with Crippen LogP contribution < -0.4 is 4.74 Å². The highest BCUT2D eigenvalue weighted by atomic mass is 16.5. The van der Waals surface area contributed by atoms with Crippen molar-refractivity contribution in [3.8, 4) is 5.75 Å². The highest BCUT2D eigenvalue weighted by Crippen LogP contribution is 2.22. The van der Waals surface area contributed by atoms with Gasteiger partial charge in [-0.05, 0) is 38.3 Å². The van der Waals surface area contributed by atoms with Gasteiger partial charge in [-0.15, -0.1) is 0 Å². The molecule has 1 heterocycles. The van der Waals surface area contributed by atoms with Crippen LogP contribution >= 0.6 is 0 Å². The Morgan fingerprint density at radius 2 is 1.96 bits per heavy atom. The lowest BCUT2D eigenvalue weighted by Gasteiger charge is -2.17. The number of para-hydroxylation sites is 1. The molecular formula is C18H24N2O3. The molecule has 2 rings (SSSR count). The highest BCUT2D eigenvalue weighted by Gasteiger charge is 2.12. The van der Waals surface area contributed by atoms with Gasteiger partial charge in [0.2, 0.25) is 5.91 Å². The van der Waals surface area contributed by atoms with E-state index in [9.17, 15) is 4.79 Å². The molecule has 0 aliphatic rings. The predicted octanol–water partition coefficient (Wildman–Crippen LogP) is 3.07. The average molecular weight is 316 g/mol. The van der Waals surface area contributed by atoms with Crippen LogP contribution in [0, 0.1) is 20.8 Å². The van der Waals surface area contributed by atoms with Crippen molar-refractivity contribution in [3.05, 3.63) is 46.8 Å². The summed E-state index contributed by atoms with van der Waals surface area (Å²) in [5.41, 5.74) is 3.06. The molecular weight excluding hydrogens is 292 g/mol. The van der Waals surface area contributed by atoms with Crippen LogP contribution in [0.1, 0.15) is 29.0 Å². The van der Waals surface area contributed by atoms with Crippen LogP contribution in [0.15, 0.2) is 28.8 Å². The van der Waals surface area contributed by atoms with E-state index in [1.165, 1.54) is 0 Å². The van der Waals surface area contributed by atoms with Gasteiger partial charge in [-0.25, -0.2) is 0 Å². The molecule has 0 spiro atoms. The summed E-state index contributed by atoms with van der Waals surface area (Å²) in [5, 5.41) is 3.79. The maximum atomic E-state index is 12.1. The number of hydrogen-bond donors (Lipinski definition) is 0. The topological polar surface area (TPSA) is 55.6 Å². The summed E-state index contributed by atoms with van der Waals surface area (Å²) < 4.78 is 10.9. The molecule has 23 heavy (non-hydrogen) atoms. The summed E-state index contributed by atoms with van der Waals surface area (Å²) in [6.45, 7) is 7.16. The molecule has 124 valence electrons. The van der Waals surface area contributed by atoms with Crippen molar-refractivity contribution in [3.63, 3.8) is 0 Å². The van der Waals surface area contributed by atoms with Gasteiger partial charge < -0.3 is 14.2 Å². The summed E-state index contributed by atoms with van der Waals surface area (Å²) in [6.07, 6.45) is 1.03. The van der Waals surface area contributed by atoms with Crippen LogP contribution in [0.3, 0.4) is 0 Å². The molecule has 0 aliphatic heterocycles. The van der Waals surface area contributed by atoms with Gasteiger partial charge in [-0.1, -0.05) is 23.4 Å².